The molecule has 0 spiro atoms. The third kappa shape index (κ3) is 3.49. The van der Waals surface area contributed by atoms with Gasteiger partial charge in [0.1, 0.15) is 23.3 Å². The Morgan fingerprint density at radius 1 is 1.40 bits per heavy atom. The van der Waals surface area contributed by atoms with Crippen LogP contribution in [0.15, 0.2) is 34.2 Å². The summed E-state index contributed by atoms with van der Waals surface area (Å²) in [5, 5.41) is 14.3. The lowest BCUT2D eigenvalue weighted by atomic mass is 10.1. The predicted octanol–water partition coefficient (Wildman–Crippen LogP) is 4.39. The van der Waals surface area contributed by atoms with E-state index in [0.29, 0.717) is 27.8 Å². The maximum absolute atomic E-state index is 12.5. The minimum Gasteiger partial charge on any atom is -0.459 e. The summed E-state index contributed by atoms with van der Waals surface area (Å²) in [7, 11) is 0. The molecule has 0 bridgehead atoms. The number of hydrogen-bond donors (Lipinski definition) is 1. The van der Waals surface area contributed by atoms with E-state index >= 15 is 0 Å². The molecule has 1 amide bonds. The van der Waals surface area contributed by atoms with Crippen molar-refractivity contribution in [2.75, 3.05) is 5.32 Å². The molecule has 3 aromatic rings. The van der Waals surface area contributed by atoms with E-state index in [4.69, 9.17) is 9.68 Å². The van der Waals surface area contributed by atoms with Gasteiger partial charge in [-0.2, -0.15) is 5.26 Å². The Morgan fingerprint density at radius 3 is 2.76 bits per heavy atom. The first kappa shape index (κ1) is 17.0. The Labute approximate surface area is 149 Å². The van der Waals surface area contributed by atoms with E-state index in [0.717, 1.165) is 5.76 Å². The fraction of sp³-hybridized carbons (Fsp3) is 0.278. The molecule has 0 aliphatic rings. The van der Waals surface area contributed by atoms with Crippen molar-refractivity contribution in [1.29, 1.82) is 5.26 Å². The van der Waals surface area contributed by atoms with Crippen LogP contribution in [0, 0.1) is 18.3 Å². The van der Waals surface area contributed by atoms with Crippen LogP contribution in [-0.2, 0) is 5.54 Å². The van der Waals surface area contributed by atoms with E-state index in [2.05, 4.69) is 16.4 Å². The van der Waals surface area contributed by atoms with Gasteiger partial charge in [0.15, 0.2) is 10.8 Å². The number of furan rings is 1. The molecule has 6 nitrogen and oxygen atoms in total. The fourth-order valence-corrected chi connectivity index (χ4v) is 3.16. The molecule has 3 rings (SSSR count). The van der Waals surface area contributed by atoms with Crippen LogP contribution in [0.5, 0.6) is 0 Å². The van der Waals surface area contributed by atoms with Crippen LogP contribution in [0.2, 0.25) is 0 Å². The van der Waals surface area contributed by atoms with Gasteiger partial charge in [-0.1, -0.05) is 0 Å². The van der Waals surface area contributed by atoms with Crippen LogP contribution in [-0.4, -0.2) is 15.5 Å². The first-order chi connectivity index (χ1) is 11.8. The second-order valence-corrected chi connectivity index (χ2v) is 7.53. The smallest absolute Gasteiger partial charge is 0.276 e. The zero-order chi connectivity index (χ0) is 18.2. The molecule has 0 aromatic carbocycles. The summed E-state index contributed by atoms with van der Waals surface area (Å²) in [5.74, 6) is 1.69. The monoisotopic (exact) mass is 354 g/mol. The lowest BCUT2D eigenvalue weighted by Crippen LogP contribution is -2.25. The Bertz CT molecular complexity index is 966. The number of nitrogens with one attached hydrogen (secondary N) is 1. The first-order valence-corrected chi connectivity index (χ1v) is 8.62. The van der Waals surface area contributed by atoms with Crippen LogP contribution < -0.4 is 5.32 Å². The molecule has 7 heteroatoms. The number of hydrogen-bond acceptors (Lipinski definition) is 5. The lowest BCUT2D eigenvalue weighted by molar-refractivity contribution is 0.102. The highest BCUT2D eigenvalue weighted by Gasteiger charge is 2.21. The Hall–Kier alpha value is -2.85. The van der Waals surface area contributed by atoms with Gasteiger partial charge in [0, 0.05) is 17.1 Å². The Morgan fingerprint density at radius 2 is 2.16 bits per heavy atom. The molecule has 0 saturated heterocycles. The van der Waals surface area contributed by atoms with Crippen molar-refractivity contribution in [2.45, 2.75) is 33.2 Å². The maximum atomic E-state index is 12.5. The third-order valence-corrected chi connectivity index (χ3v) is 4.46. The number of amides is 1. The summed E-state index contributed by atoms with van der Waals surface area (Å²) in [6.45, 7) is 7.87. The summed E-state index contributed by atoms with van der Waals surface area (Å²) in [4.78, 5) is 16.9. The molecule has 3 heterocycles. The highest BCUT2D eigenvalue weighted by Crippen LogP contribution is 2.27. The highest BCUT2D eigenvalue weighted by atomic mass is 32.1. The second-order valence-electron chi connectivity index (χ2n) is 6.67. The fourth-order valence-electron chi connectivity index (χ4n) is 2.40. The maximum Gasteiger partial charge on any atom is 0.276 e. The normalized spacial score (nSPS) is 11.3. The zero-order valence-corrected chi connectivity index (χ0v) is 15.3. The number of nitriles is 1. The largest absolute Gasteiger partial charge is 0.459 e. The minimum absolute atomic E-state index is 0.267. The van der Waals surface area contributed by atoms with Gasteiger partial charge < -0.3 is 14.3 Å². The van der Waals surface area contributed by atoms with Crippen molar-refractivity contribution in [3.8, 4) is 16.8 Å². The van der Waals surface area contributed by atoms with Crippen LogP contribution in [0.3, 0.4) is 0 Å². The van der Waals surface area contributed by atoms with Crippen LogP contribution in [0.25, 0.3) is 10.8 Å². The summed E-state index contributed by atoms with van der Waals surface area (Å²) < 4.78 is 7.41. The zero-order valence-electron chi connectivity index (χ0n) is 14.5. The predicted molar refractivity (Wildman–Crippen MR) is 96.6 cm³/mol. The minimum atomic E-state index is -0.320. The van der Waals surface area contributed by atoms with E-state index in [-0.39, 0.29) is 11.4 Å². The number of thiazole rings is 1. The molecule has 0 aliphatic carbocycles. The molecular formula is C18H18N4O2S. The second kappa shape index (κ2) is 6.22. The van der Waals surface area contributed by atoms with Crippen LogP contribution in [0.4, 0.5) is 5.82 Å². The van der Waals surface area contributed by atoms with Gasteiger partial charge >= 0.3 is 0 Å². The van der Waals surface area contributed by atoms with Gasteiger partial charge in [0.25, 0.3) is 5.91 Å². The summed E-state index contributed by atoms with van der Waals surface area (Å²) in [6.07, 6.45) is 1.73. The van der Waals surface area contributed by atoms with Crippen LogP contribution in [0.1, 0.15) is 42.6 Å². The number of carbonyl (C=O) groups excluding carboxylic acids is 1. The highest BCUT2D eigenvalue weighted by molar-refractivity contribution is 7.13. The lowest BCUT2D eigenvalue weighted by Gasteiger charge is -2.24. The molecule has 25 heavy (non-hydrogen) atoms. The van der Waals surface area contributed by atoms with Crippen molar-refractivity contribution in [3.63, 3.8) is 0 Å². The van der Waals surface area contributed by atoms with Crippen molar-refractivity contribution >= 4 is 23.1 Å². The molecule has 1 N–H and O–H groups in total. The van der Waals surface area contributed by atoms with Gasteiger partial charge in [-0.05, 0) is 45.9 Å². The number of carbonyl (C=O) groups is 1. The molecule has 3 aromatic heterocycles. The topological polar surface area (TPSA) is 83.9 Å². The van der Waals surface area contributed by atoms with E-state index in [1.165, 1.54) is 11.3 Å². The van der Waals surface area contributed by atoms with Crippen LogP contribution >= 0.6 is 11.3 Å². The van der Waals surface area contributed by atoms with E-state index in [1.54, 1.807) is 17.6 Å². The molecule has 0 aliphatic heterocycles. The average Bonchev–Trinajstić information content (AvgIpc) is 3.24. The van der Waals surface area contributed by atoms with Crippen molar-refractivity contribution in [2.24, 2.45) is 0 Å². The Kier molecular flexibility index (Phi) is 4.23. The number of aryl methyl sites for hydroxylation is 1. The molecule has 0 saturated carbocycles. The number of rotatable bonds is 3. The third-order valence-electron chi connectivity index (χ3n) is 3.60. The number of anilines is 1. The quantitative estimate of drug-likeness (QED) is 0.756. The average molecular weight is 354 g/mol. The SMILES string of the molecule is Cc1ccc(-c2nc(C(=O)Nc3cc(C#N)cn3C(C)(C)C)cs2)o1. The van der Waals surface area contributed by atoms with Crippen molar-refractivity contribution in [1.82, 2.24) is 9.55 Å². The molecular weight excluding hydrogens is 336 g/mol. The van der Waals surface area contributed by atoms with Gasteiger partial charge in [-0.3, -0.25) is 4.79 Å². The Balaban J connectivity index is 1.85. The summed E-state index contributed by atoms with van der Waals surface area (Å²) >= 11 is 1.35. The van der Waals surface area contributed by atoms with E-state index < -0.39 is 0 Å². The van der Waals surface area contributed by atoms with Crippen molar-refractivity contribution in [3.05, 3.63) is 46.8 Å². The summed E-state index contributed by atoms with van der Waals surface area (Å²) in [6, 6.07) is 7.45. The van der Waals surface area contributed by atoms with Gasteiger partial charge in [-0.15, -0.1) is 11.3 Å². The standard InChI is InChI=1S/C18H18N4O2S/c1-11-5-6-14(24-11)17-20-13(10-25-17)16(23)21-15-7-12(8-19)9-22(15)18(2,3)4/h5-7,9-10H,1-4H3,(H,21,23). The molecule has 0 atom stereocenters. The molecule has 0 fully saturated rings. The van der Waals surface area contributed by atoms with Gasteiger partial charge in [0.05, 0.1) is 5.56 Å². The molecule has 0 radical (unpaired) electrons. The number of aromatic nitrogens is 2. The summed E-state index contributed by atoms with van der Waals surface area (Å²) in [5.41, 5.74) is 0.542. The van der Waals surface area contributed by atoms with Gasteiger partial charge in [-0.25, -0.2) is 4.98 Å². The molecule has 0 unspecified atom stereocenters. The van der Waals surface area contributed by atoms with E-state index in [9.17, 15) is 4.79 Å². The molecule has 128 valence electrons. The van der Waals surface area contributed by atoms with Gasteiger partial charge in [0.2, 0.25) is 0 Å². The van der Waals surface area contributed by atoms with E-state index in [1.807, 2.05) is 44.4 Å². The van der Waals surface area contributed by atoms with Crippen molar-refractivity contribution < 1.29 is 9.21 Å². The first-order valence-electron chi connectivity index (χ1n) is 7.74. The number of nitrogens with zero attached hydrogens (tertiary/aromatic N) is 3.